The molecular weight excluding hydrogens is 458 g/mol. The number of carbonyl (C=O) groups excluding carboxylic acids is 2. The number of hydrogen-bond acceptors (Lipinski definition) is 6. The average molecular weight is 492 g/mol. The highest BCUT2D eigenvalue weighted by atomic mass is 32.2. The first-order chi connectivity index (χ1) is 16.2. The molecule has 0 fully saturated rings. The second-order valence-electron chi connectivity index (χ2n) is 7.63. The Balaban J connectivity index is 2.48. The van der Waals surface area contributed by atoms with E-state index in [1.54, 1.807) is 63.4 Å². The van der Waals surface area contributed by atoms with Gasteiger partial charge < -0.3 is 19.7 Å². The number of likely N-dealkylation sites (N-methyl/N-ethyl adjacent to an activating group) is 1. The van der Waals surface area contributed by atoms with Crippen LogP contribution in [0.3, 0.4) is 0 Å². The Morgan fingerprint density at radius 1 is 1.03 bits per heavy atom. The first kappa shape index (κ1) is 27.0. The van der Waals surface area contributed by atoms with Crippen LogP contribution in [-0.2, 0) is 26.2 Å². The highest BCUT2D eigenvalue weighted by molar-refractivity contribution is 7.92. The van der Waals surface area contributed by atoms with Crippen LogP contribution in [0.5, 0.6) is 11.5 Å². The molecule has 2 rings (SSSR count). The SMILES string of the molecule is CCNC(=O)C(CC)N(Cc1cccc(OC)c1)C(=O)CN(c1ccccc1OC)S(C)(=O)=O. The Bertz CT molecular complexity index is 1090. The van der Waals surface area contributed by atoms with E-state index in [-0.39, 0.29) is 18.1 Å². The van der Waals surface area contributed by atoms with Gasteiger partial charge in [0.2, 0.25) is 21.8 Å². The molecule has 1 unspecified atom stereocenters. The van der Waals surface area contributed by atoms with Gasteiger partial charge in [-0.25, -0.2) is 8.42 Å². The van der Waals surface area contributed by atoms with Gasteiger partial charge in [0.25, 0.3) is 0 Å². The molecule has 0 bridgehead atoms. The van der Waals surface area contributed by atoms with Crippen molar-refractivity contribution in [3.05, 3.63) is 54.1 Å². The van der Waals surface area contributed by atoms with E-state index in [9.17, 15) is 18.0 Å². The molecule has 1 atom stereocenters. The van der Waals surface area contributed by atoms with Gasteiger partial charge >= 0.3 is 0 Å². The maximum atomic E-state index is 13.6. The molecule has 0 aliphatic rings. The number of anilines is 1. The maximum absolute atomic E-state index is 13.6. The lowest BCUT2D eigenvalue weighted by molar-refractivity contribution is -0.140. The molecule has 0 saturated carbocycles. The van der Waals surface area contributed by atoms with Crippen molar-refractivity contribution in [3.8, 4) is 11.5 Å². The molecule has 0 aliphatic heterocycles. The van der Waals surface area contributed by atoms with E-state index >= 15 is 0 Å². The zero-order valence-electron chi connectivity index (χ0n) is 20.3. The first-order valence-corrected chi connectivity index (χ1v) is 12.8. The monoisotopic (exact) mass is 491 g/mol. The number of methoxy groups -OCH3 is 2. The molecule has 186 valence electrons. The van der Waals surface area contributed by atoms with Crippen molar-refractivity contribution >= 4 is 27.5 Å². The molecule has 0 saturated heterocycles. The maximum Gasteiger partial charge on any atom is 0.244 e. The molecular formula is C24H33N3O6S. The number of ether oxygens (including phenoxy) is 2. The van der Waals surface area contributed by atoms with Crippen LogP contribution in [0.15, 0.2) is 48.5 Å². The number of benzene rings is 2. The standard InChI is InChI=1S/C24H33N3O6S/c1-6-20(24(29)25-7-2)26(16-18-11-10-12-19(15-18)32-3)23(28)17-27(34(5,30)31)21-13-8-9-14-22(21)33-4/h8-15,20H,6-7,16-17H2,1-5H3,(H,25,29). The molecule has 2 amide bonds. The molecule has 0 aromatic heterocycles. The zero-order valence-corrected chi connectivity index (χ0v) is 21.1. The third-order valence-electron chi connectivity index (χ3n) is 5.26. The van der Waals surface area contributed by atoms with Crippen molar-refractivity contribution < 1.29 is 27.5 Å². The predicted molar refractivity (Wildman–Crippen MR) is 131 cm³/mol. The predicted octanol–water partition coefficient (Wildman–Crippen LogP) is 2.41. The lowest BCUT2D eigenvalue weighted by Crippen LogP contribution is -2.52. The molecule has 0 aliphatic carbocycles. The molecule has 2 aromatic carbocycles. The fourth-order valence-corrected chi connectivity index (χ4v) is 4.46. The van der Waals surface area contributed by atoms with Crippen LogP contribution in [0.1, 0.15) is 25.8 Å². The first-order valence-electron chi connectivity index (χ1n) is 11.0. The van der Waals surface area contributed by atoms with Crippen LogP contribution < -0.4 is 19.1 Å². The minimum Gasteiger partial charge on any atom is -0.497 e. The second kappa shape index (κ2) is 12.3. The number of hydrogen-bond donors (Lipinski definition) is 1. The number of nitrogens with one attached hydrogen (secondary N) is 1. The van der Waals surface area contributed by atoms with Crippen molar-refractivity contribution in [1.29, 1.82) is 0 Å². The minimum atomic E-state index is -3.84. The summed E-state index contributed by atoms with van der Waals surface area (Å²) < 4.78 is 36.9. The van der Waals surface area contributed by atoms with Gasteiger partial charge in [-0.2, -0.15) is 0 Å². The van der Waals surface area contributed by atoms with Crippen LogP contribution in [0.4, 0.5) is 5.69 Å². The normalized spacial score (nSPS) is 11.9. The summed E-state index contributed by atoms with van der Waals surface area (Å²) in [5.41, 5.74) is 0.992. The topological polar surface area (TPSA) is 105 Å². The Hall–Kier alpha value is -3.27. The van der Waals surface area contributed by atoms with Gasteiger partial charge in [-0.05, 0) is 43.2 Å². The largest absolute Gasteiger partial charge is 0.497 e. The summed E-state index contributed by atoms with van der Waals surface area (Å²) in [5.74, 6) is 0.111. The third-order valence-corrected chi connectivity index (χ3v) is 6.38. The lowest BCUT2D eigenvalue weighted by Gasteiger charge is -2.33. The van der Waals surface area contributed by atoms with Crippen molar-refractivity contribution in [1.82, 2.24) is 10.2 Å². The van der Waals surface area contributed by atoms with Crippen LogP contribution >= 0.6 is 0 Å². The number of nitrogens with zero attached hydrogens (tertiary/aromatic N) is 2. The molecule has 34 heavy (non-hydrogen) atoms. The van der Waals surface area contributed by atoms with E-state index in [0.717, 1.165) is 16.1 Å². The fourth-order valence-electron chi connectivity index (χ4n) is 3.61. The summed E-state index contributed by atoms with van der Waals surface area (Å²) in [4.78, 5) is 27.8. The number of rotatable bonds is 12. The van der Waals surface area contributed by atoms with Crippen LogP contribution in [0, 0.1) is 0 Å². The van der Waals surface area contributed by atoms with E-state index in [2.05, 4.69) is 5.32 Å². The molecule has 9 nitrogen and oxygen atoms in total. The highest BCUT2D eigenvalue weighted by Crippen LogP contribution is 2.30. The van der Waals surface area contributed by atoms with Gasteiger partial charge in [-0.3, -0.25) is 13.9 Å². The minimum absolute atomic E-state index is 0.106. The van der Waals surface area contributed by atoms with Gasteiger partial charge in [0.1, 0.15) is 24.1 Å². The summed E-state index contributed by atoms with van der Waals surface area (Å²) in [6.45, 7) is 3.63. The van der Waals surface area contributed by atoms with Crippen molar-refractivity contribution in [2.75, 3.05) is 37.9 Å². The molecule has 10 heteroatoms. The van der Waals surface area contributed by atoms with Crippen LogP contribution in [0.25, 0.3) is 0 Å². The summed E-state index contributed by atoms with van der Waals surface area (Å²) in [6.07, 6.45) is 1.38. The average Bonchev–Trinajstić information content (AvgIpc) is 2.81. The summed E-state index contributed by atoms with van der Waals surface area (Å²) in [7, 11) is -0.867. The number of para-hydroxylation sites is 2. The molecule has 0 heterocycles. The van der Waals surface area contributed by atoms with Crippen molar-refractivity contribution in [2.24, 2.45) is 0 Å². The number of amides is 2. The summed E-state index contributed by atoms with van der Waals surface area (Å²) >= 11 is 0. The quantitative estimate of drug-likeness (QED) is 0.489. The van der Waals surface area contributed by atoms with Crippen LogP contribution in [0.2, 0.25) is 0 Å². The molecule has 0 radical (unpaired) electrons. The highest BCUT2D eigenvalue weighted by Gasteiger charge is 2.32. The zero-order chi connectivity index (χ0) is 25.3. The van der Waals surface area contributed by atoms with Gasteiger partial charge in [0.05, 0.1) is 26.2 Å². The number of sulfonamides is 1. The van der Waals surface area contributed by atoms with E-state index in [4.69, 9.17) is 9.47 Å². The van der Waals surface area contributed by atoms with Gasteiger partial charge in [-0.15, -0.1) is 0 Å². The van der Waals surface area contributed by atoms with E-state index < -0.39 is 28.5 Å². The fraction of sp³-hybridized carbons (Fsp3) is 0.417. The third kappa shape index (κ3) is 6.86. The Morgan fingerprint density at radius 2 is 1.74 bits per heavy atom. The Kier molecular flexibility index (Phi) is 9.73. The molecule has 0 spiro atoms. The van der Waals surface area contributed by atoms with Crippen LogP contribution in [-0.4, -0.2) is 64.7 Å². The van der Waals surface area contributed by atoms with Crippen molar-refractivity contribution in [2.45, 2.75) is 32.9 Å². The van der Waals surface area contributed by atoms with Gasteiger partial charge in [0, 0.05) is 13.1 Å². The molecule has 1 N–H and O–H groups in total. The smallest absolute Gasteiger partial charge is 0.244 e. The van der Waals surface area contributed by atoms with E-state index in [0.29, 0.717) is 24.5 Å². The molecule has 2 aromatic rings. The number of carbonyl (C=O) groups is 2. The second-order valence-corrected chi connectivity index (χ2v) is 9.54. The van der Waals surface area contributed by atoms with Gasteiger partial charge in [0.15, 0.2) is 0 Å². The van der Waals surface area contributed by atoms with Crippen molar-refractivity contribution in [3.63, 3.8) is 0 Å². The summed E-state index contributed by atoms with van der Waals surface area (Å²) in [6, 6.07) is 13.0. The van der Waals surface area contributed by atoms with Gasteiger partial charge in [-0.1, -0.05) is 31.2 Å². The Labute approximate surface area is 201 Å². The summed E-state index contributed by atoms with van der Waals surface area (Å²) in [5, 5.41) is 2.76. The van der Waals surface area contributed by atoms with E-state index in [1.807, 2.05) is 6.07 Å². The lowest BCUT2D eigenvalue weighted by atomic mass is 10.1. The van der Waals surface area contributed by atoms with E-state index in [1.165, 1.54) is 12.0 Å². The Morgan fingerprint density at radius 3 is 2.32 bits per heavy atom.